The topological polar surface area (TPSA) is 50.2 Å². The number of carboxylic acid groups (broad SMARTS) is 1. The molecule has 0 unspecified atom stereocenters. The quantitative estimate of drug-likeness (QED) is 0.717. The van der Waals surface area contributed by atoms with E-state index in [0.29, 0.717) is 17.1 Å². The Bertz CT molecular complexity index is 312. The van der Waals surface area contributed by atoms with Crippen molar-refractivity contribution in [2.75, 3.05) is 0 Å². The molecule has 0 bridgehead atoms. The van der Waals surface area contributed by atoms with Gasteiger partial charge in [-0.05, 0) is 18.1 Å². The lowest BCUT2D eigenvalue weighted by molar-refractivity contribution is 0.0695. The molecule has 0 aromatic carbocycles. The molecule has 1 aromatic rings. The third kappa shape index (κ3) is 1.74. The van der Waals surface area contributed by atoms with E-state index in [1.807, 2.05) is 6.92 Å². The first-order valence-electron chi connectivity index (χ1n) is 3.53. The fourth-order valence-corrected chi connectivity index (χ4v) is 1.13. The molecule has 0 aliphatic carbocycles. The van der Waals surface area contributed by atoms with Crippen molar-refractivity contribution in [3.05, 3.63) is 28.5 Å². The van der Waals surface area contributed by atoms with Crippen LogP contribution < -0.4 is 0 Å². The maximum absolute atomic E-state index is 10.6. The lowest BCUT2D eigenvalue weighted by Gasteiger charge is -2.01. The van der Waals surface area contributed by atoms with Crippen LogP contribution in [0.5, 0.6) is 0 Å². The highest BCUT2D eigenvalue weighted by atomic mass is 35.5. The van der Waals surface area contributed by atoms with Crippen LogP contribution in [-0.4, -0.2) is 16.1 Å². The Morgan fingerprint density at radius 3 is 2.92 bits per heavy atom. The SMILES string of the molecule is CCc1cc(Cl)ncc1C(=O)O. The van der Waals surface area contributed by atoms with Gasteiger partial charge in [0.2, 0.25) is 0 Å². The Balaban J connectivity index is 3.20. The molecule has 3 nitrogen and oxygen atoms in total. The van der Waals surface area contributed by atoms with Crippen molar-refractivity contribution >= 4 is 17.6 Å². The van der Waals surface area contributed by atoms with Gasteiger partial charge in [0, 0.05) is 6.20 Å². The van der Waals surface area contributed by atoms with E-state index in [2.05, 4.69) is 4.98 Å². The van der Waals surface area contributed by atoms with Crippen LogP contribution in [0.25, 0.3) is 0 Å². The average Bonchev–Trinajstić information content (AvgIpc) is 2.03. The molecule has 1 rings (SSSR count). The first-order valence-corrected chi connectivity index (χ1v) is 3.90. The van der Waals surface area contributed by atoms with Crippen molar-refractivity contribution in [3.8, 4) is 0 Å². The number of rotatable bonds is 2. The van der Waals surface area contributed by atoms with Crippen LogP contribution in [0, 0.1) is 0 Å². The van der Waals surface area contributed by atoms with Crippen molar-refractivity contribution in [2.24, 2.45) is 0 Å². The molecule has 0 aliphatic rings. The number of hydrogen-bond donors (Lipinski definition) is 1. The summed E-state index contributed by atoms with van der Waals surface area (Å²) in [6.07, 6.45) is 1.92. The zero-order valence-electron chi connectivity index (χ0n) is 6.54. The minimum Gasteiger partial charge on any atom is -0.478 e. The highest BCUT2D eigenvalue weighted by Gasteiger charge is 2.08. The molecule has 1 heterocycles. The molecule has 12 heavy (non-hydrogen) atoms. The van der Waals surface area contributed by atoms with E-state index in [9.17, 15) is 4.79 Å². The van der Waals surface area contributed by atoms with Gasteiger partial charge in [-0.3, -0.25) is 0 Å². The van der Waals surface area contributed by atoms with E-state index in [4.69, 9.17) is 16.7 Å². The van der Waals surface area contributed by atoms with Gasteiger partial charge in [0.15, 0.2) is 0 Å². The summed E-state index contributed by atoms with van der Waals surface area (Å²) in [6, 6.07) is 1.57. The van der Waals surface area contributed by atoms with Gasteiger partial charge in [-0.15, -0.1) is 0 Å². The van der Waals surface area contributed by atoms with Crippen LogP contribution in [0.3, 0.4) is 0 Å². The fraction of sp³-hybridized carbons (Fsp3) is 0.250. The van der Waals surface area contributed by atoms with Crippen LogP contribution in [0.1, 0.15) is 22.8 Å². The smallest absolute Gasteiger partial charge is 0.337 e. The minimum atomic E-state index is -0.962. The van der Waals surface area contributed by atoms with E-state index in [1.165, 1.54) is 6.20 Å². The summed E-state index contributed by atoms with van der Waals surface area (Å²) in [4.78, 5) is 14.3. The number of nitrogens with zero attached hydrogens (tertiary/aromatic N) is 1. The number of aromatic carboxylic acids is 1. The van der Waals surface area contributed by atoms with Crippen LogP contribution >= 0.6 is 11.6 Å². The second-order valence-electron chi connectivity index (χ2n) is 2.32. The van der Waals surface area contributed by atoms with E-state index in [0.717, 1.165) is 0 Å². The predicted octanol–water partition coefficient (Wildman–Crippen LogP) is 2.00. The maximum Gasteiger partial charge on any atom is 0.337 e. The van der Waals surface area contributed by atoms with Gasteiger partial charge in [-0.1, -0.05) is 18.5 Å². The zero-order chi connectivity index (χ0) is 9.14. The number of aromatic nitrogens is 1. The second kappa shape index (κ2) is 3.54. The van der Waals surface area contributed by atoms with Crippen LogP contribution in [0.2, 0.25) is 5.15 Å². The normalized spacial score (nSPS) is 9.83. The van der Waals surface area contributed by atoms with E-state index < -0.39 is 5.97 Å². The van der Waals surface area contributed by atoms with E-state index in [-0.39, 0.29) is 5.56 Å². The standard InChI is InChI=1S/C8H8ClNO2/c1-2-5-3-7(9)10-4-6(5)8(11)12/h3-4H,2H2,1H3,(H,11,12). The lowest BCUT2D eigenvalue weighted by Crippen LogP contribution is -2.02. The van der Waals surface area contributed by atoms with Crippen molar-refractivity contribution < 1.29 is 9.90 Å². The first-order chi connectivity index (χ1) is 5.65. The van der Waals surface area contributed by atoms with Gasteiger partial charge in [-0.2, -0.15) is 0 Å². The maximum atomic E-state index is 10.6. The van der Waals surface area contributed by atoms with E-state index >= 15 is 0 Å². The molecule has 0 spiro atoms. The molecular weight excluding hydrogens is 178 g/mol. The summed E-state index contributed by atoms with van der Waals surface area (Å²) in [6.45, 7) is 1.87. The Morgan fingerprint density at radius 1 is 1.75 bits per heavy atom. The summed E-state index contributed by atoms with van der Waals surface area (Å²) >= 11 is 5.60. The Morgan fingerprint density at radius 2 is 2.42 bits per heavy atom. The van der Waals surface area contributed by atoms with Crippen molar-refractivity contribution in [1.82, 2.24) is 4.98 Å². The molecule has 1 N–H and O–H groups in total. The molecule has 0 saturated heterocycles. The molecule has 0 atom stereocenters. The molecule has 0 saturated carbocycles. The molecule has 1 aromatic heterocycles. The fourth-order valence-electron chi connectivity index (χ4n) is 0.953. The minimum absolute atomic E-state index is 0.224. The third-order valence-corrected chi connectivity index (χ3v) is 1.77. The van der Waals surface area contributed by atoms with Crippen molar-refractivity contribution in [1.29, 1.82) is 0 Å². The Hall–Kier alpha value is -1.09. The average molecular weight is 186 g/mol. The predicted molar refractivity (Wildman–Crippen MR) is 45.6 cm³/mol. The first kappa shape index (κ1) is 9.00. The summed E-state index contributed by atoms with van der Waals surface area (Å²) < 4.78 is 0. The second-order valence-corrected chi connectivity index (χ2v) is 2.71. The van der Waals surface area contributed by atoms with Gasteiger partial charge >= 0.3 is 5.97 Å². The number of carbonyl (C=O) groups is 1. The monoisotopic (exact) mass is 185 g/mol. The highest BCUT2D eigenvalue weighted by molar-refractivity contribution is 6.29. The summed E-state index contributed by atoms with van der Waals surface area (Å²) in [5.41, 5.74) is 0.935. The number of pyridine rings is 1. The van der Waals surface area contributed by atoms with Gasteiger partial charge < -0.3 is 5.11 Å². The molecule has 64 valence electrons. The summed E-state index contributed by atoms with van der Waals surface area (Å²) in [5.74, 6) is -0.962. The Kier molecular flexibility index (Phi) is 2.65. The molecular formula is C8H8ClNO2. The molecule has 0 aliphatic heterocycles. The molecule has 0 radical (unpaired) electrons. The van der Waals surface area contributed by atoms with Crippen LogP contribution in [0.4, 0.5) is 0 Å². The zero-order valence-corrected chi connectivity index (χ0v) is 7.30. The molecule has 0 fully saturated rings. The van der Waals surface area contributed by atoms with Crippen molar-refractivity contribution in [2.45, 2.75) is 13.3 Å². The van der Waals surface area contributed by atoms with Gasteiger partial charge in [0.1, 0.15) is 5.15 Å². The van der Waals surface area contributed by atoms with E-state index in [1.54, 1.807) is 6.07 Å². The largest absolute Gasteiger partial charge is 0.478 e. The van der Waals surface area contributed by atoms with Crippen LogP contribution in [0.15, 0.2) is 12.3 Å². The van der Waals surface area contributed by atoms with Gasteiger partial charge in [0.25, 0.3) is 0 Å². The lowest BCUT2D eigenvalue weighted by atomic mass is 10.1. The highest BCUT2D eigenvalue weighted by Crippen LogP contribution is 2.13. The van der Waals surface area contributed by atoms with Gasteiger partial charge in [0.05, 0.1) is 5.56 Å². The summed E-state index contributed by atoms with van der Waals surface area (Å²) in [5, 5.41) is 9.03. The Labute approximate surface area is 75.0 Å². The number of carboxylic acids is 1. The molecule has 4 heteroatoms. The number of hydrogen-bond acceptors (Lipinski definition) is 2. The van der Waals surface area contributed by atoms with Crippen molar-refractivity contribution in [3.63, 3.8) is 0 Å². The molecule has 0 amide bonds. The van der Waals surface area contributed by atoms with Gasteiger partial charge in [-0.25, -0.2) is 9.78 Å². The third-order valence-electron chi connectivity index (χ3n) is 1.57. The summed E-state index contributed by atoms with van der Waals surface area (Å²) in [7, 11) is 0. The number of halogens is 1. The number of aryl methyl sites for hydroxylation is 1. The van der Waals surface area contributed by atoms with Crippen LogP contribution in [-0.2, 0) is 6.42 Å².